The van der Waals surface area contributed by atoms with E-state index >= 15 is 0 Å². The van der Waals surface area contributed by atoms with E-state index in [1.54, 1.807) is 0 Å². The molecule has 1 amide bonds. The molecule has 1 aliphatic carbocycles. The Morgan fingerprint density at radius 2 is 1.74 bits per heavy atom. The molecule has 2 aromatic rings. The molecule has 1 unspecified atom stereocenters. The Morgan fingerprint density at radius 3 is 2.55 bits per heavy atom. The van der Waals surface area contributed by atoms with Crippen molar-refractivity contribution < 1.29 is 4.79 Å². The van der Waals surface area contributed by atoms with Crippen LogP contribution in [0.3, 0.4) is 0 Å². The Bertz CT molecular complexity index is 871. The van der Waals surface area contributed by atoms with Gasteiger partial charge in [0.1, 0.15) is 0 Å². The molecule has 0 N–H and O–H groups in total. The summed E-state index contributed by atoms with van der Waals surface area (Å²) in [6.45, 7) is 4.94. The minimum Gasteiger partial charge on any atom is -0.337 e. The summed E-state index contributed by atoms with van der Waals surface area (Å²) in [6, 6.07) is 11.2. The van der Waals surface area contributed by atoms with Crippen molar-refractivity contribution in [3.8, 4) is 0 Å². The average molecular weight is 422 g/mol. The van der Waals surface area contributed by atoms with Gasteiger partial charge in [-0.25, -0.2) is 4.68 Å². The second-order valence-electron chi connectivity index (χ2n) is 10.0. The number of benzene rings is 1. The van der Waals surface area contributed by atoms with E-state index in [-0.39, 0.29) is 11.3 Å². The van der Waals surface area contributed by atoms with Crippen molar-refractivity contribution >= 4 is 5.91 Å². The van der Waals surface area contributed by atoms with Gasteiger partial charge in [0.15, 0.2) is 5.69 Å². The number of aromatic nitrogens is 3. The summed E-state index contributed by atoms with van der Waals surface area (Å²) in [5, 5.41) is 8.61. The molecule has 3 aliphatic rings. The fourth-order valence-corrected chi connectivity index (χ4v) is 6.06. The van der Waals surface area contributed by atoms with Crippen molar-refractivity contribution in [2.45, 2.75) is 70.4 Å². The summed E-state index contributed by atoms with van der Waals surface area (Å²) in [5.41, 5.74) is 2.13. The molecule has 1 aromatic heterocycles. The van der Waals surface area contributed by atoms with E-state index in [9.17, 15) is 4.79 Å². The quantitative estimate of drug-likeness (QED) is 0.739. The molecule has 1 aromatic carbocycles. The standard InChI is InChI=1S/C25H35N5O/c31-24(23-18-30(27-26-23)22-11-5-2-6-12-22)29-16-8-14-25(20-29)13-7-15-28(19-25)17-21-9-3-1-4-10-21/h1,3-4,9-10,18,22H,2,5-8,11-17,19-20H2. The zero-order valence-corrected chi connectivity index (χ0v) is 18.6. The maximum Gasteiger partial charge on any atom is 0.276 e. The molecule has 3 heterocycles. The third kappa shape index (κ3) is 4.69. The number of hydrogen-bond acceptors (Lipinski definition) is 4. The lowest BCUT2D eigenvalue weighted by Crippen LogP contribution is -2.53. The molecule has 166 valence electrons. The van der Waals surface area contributed by atoms with Crippen LogP contribution in [-0.2, 0) is 6.54 Å². The molecule has 1 spiro atoms. The summed E-state index contributed by atoms with van der Waals surface area (Å²) in [4.78, 5) is 17.9. The van der Waals surface area contributed by atoms with Crippen LogP contribution in [0, 0.1) is 5.41 Å². The van der Waals surface area contributed by atoms with E-state index in [2.05, 4.69) is 50.4 Å². The molecule has 1 saturated carbocycles. The average Bonchev–Trinajstić information content (AvgIpc) is 3.30. The Balaban J connectivity index is 1.24. The van der Waals surface area contributed by atoms with Crippen molar-refractivity contribution in [2.75, 3.05) is 26.2 Å². The van der Waals surface area contributed by atoms with Crippen LogP contribution >= 0.6 is 0 Å². The monoisotopic (exact) mass is 421 g/mol. The van der Waals surface area contributed by atoms with Gasteiger partial charge in [0.05, 0.1) is 12.2 Å². The number of carbonyl (C=O) groups excluding carboxylic acids is 1. The number of rotatable bonds is 4. The topological polar surface area (TPSA) is 54.3 Å². The van der Waals surface area contributed by atoms with E-state index < -0.39 is 0 Å². The largest absolute Gasteiger partial charge is 0.337 e. The molecule has 6 heteroatoms. The summed E-state index contributed by atoms with van der Waals surface area (Å²) in [6.07, 6.45) is 12.8. The van der Waals surface area contributed by atoms with Gasteiger partial charge in [-0.05, 0) is 50.6 Å². The maximum absolute atomic E-state index is 13.3. The third-order valence-electron chi connectivity index (χ3n) is 7.62. The summed E-state index contributed by atoms with van der Waals surface area (Å²) in [7, 11) is 0. The lowest BCUT2D eigenvalue weighted by atomic mass is 9.73. The molecule has 1 atom stereocenters. The van der Waals surface area contributed by atoms with Crippen LogP contribution in [0.2, 0.25) is 0 Å². The highest BCUT2D eigenvalue weighted by atomic mass is 16.2. The van der Waals surface area contributed by atoms with Crippen LogP contribution in [0.15, 0.2) is 36.5 Å². The van der Waals surface area contributed by atoms with Gasteiger partial charge in [0.2, 0.25) is 0 Å². The number of carbonyl (C=O) groups is 1. The number of likely N-dealkylation sites (tertiary alicyclic amines) is 2. The Labute approximate surface area is 185 Å². The van der Waals surface area contributed by atoms with Gasteiger partial charge in [-0.1, -0.05) is 54.8 Å². The number of nitrogens with zero attached hydrogens (tertiary/aromatic N) is 5. The van der Waals surface area contributed by atoms with Crippen molar-refractivity contribution in [3.63, 3.8) is 0 Å². The highest BCUT2D eigenvalue weighted by Crippen LogP contribution is 2.39. The molecule has 3 fully saturated rings. The predicted molar refractivity (Wildman–Crippen MR) is 121 cm³/mol. The molecular formula is C25H35N5O. The first-order valence-electron chi connectivity index (χ1n) is 12.2. The SMILES string of the molecule is O=C(c1cn(C2CCCCC2)nn1)N1CCCC2(CCCN(Cc3ccccc3)C2)C1. The van der Waals surface area contributed by atoms with Crippen LogP contribution in [0.5, 0.6) is 0 Å². The van der Waals surface area contributed by atoms with Crippen molar-refractivity contribution in [1.29, 1.82) is 0 Å². The van der Waals surface area contributed by atoms with E-state index in [1.807, 2.05) is 10.9 Å². The normalized spacial score (nSPS) is 25.7. The Hall–Kier alpha value is -2.21. The molecule has 31 heavy (non-hydrogen) atoms. The molecule has 0 bridgehead atoms. The number of amides is 1. The first kappa shape index (κ1) is 20.7. The fraction of sp³-hybridized carbons (Fsp3) is 0.640. The van der Waals surface area contributed by atoms with E-state index in [1.165, 1.54) is 44.1 Å². The van der Waals surface area contributed by atoms with Crippen LogP contribution < -0.4 is 0 Å². The second-order valence-corrected chi connectivity index (χ2v) is 10.0. The van der Waals surface area contributed by atoms with Crippen LogP contribution in [0.25, 0.3) is 0 Å². The first-order valence-corrected chi connectivity index (χ1v) is 12.2. The van der Waals surface area contributed by atoms with Crippen molar-refractivity contribution in [1.82, 2.24) is 24.8 Å². The zero-order valence-electron chi connectivity index (χ0n) is 18.6. The van der Waals surface area contributed by atoms with Crippen molar-refractivity contribution in [2.24, 2.45) is 5.41 Å². The maximum atomic E-state index is 13.3. The lowest BCUT2D eigenvalue weighted by molar-refractivity contribution is 0.0111. The van der Waals surface area contributed by atoms with Crippen LogP contribution in [0.4, 0.5) is 0 Å². The molecule has 6 nitrogen and oxygen atoms in total. The van der Waals surface area contributed by atoms with E-state index in [0.717, 1.165) is 52.0 Å². The zero-order chi connectivity index (χ0) is 21.1. The van der Waals surface area contributed by atoms with Crippen LogP contribution in [0.1, 0.15) is 79.9 Å². The molecule has 5 rings (SSSR count). The number of hydrogen-bond donors (Lipinski definition) is 0. The number of piperidine rings is 2. The van der Waals surface area contributed by atoms with Gasteiger partial charge in [-0.15, -0.1) is 5.10 Å². The first-order chi connectivity index (χ1) is 15.2. The Morgan fingerprint density at radius 1 is 0.968 bits per heavy atom. The molecule has 2 aliphatic heterocycles. The van der Waals surface area contributed by atoms with Crippen molar-refractivity contribution in [3.05, 3.63) is 47.8 Å². The minimum absolute atomic E-state index is 0.0707. The highest BCUT2D eigenvalue weighted by Gasteiger charge is 2.41. The molecular weight excluding hydrogens is 386 g/mol. The summed E-state index contributed by atoms with van der Waals surface area (Å²) in [5.74, 6) is 0.0707. The van der Waals surface area contributed by atoms with Gasteiger partial charge in [0, 0.05) is 31.6 Å². The predicted octanol–water partition coefficient (Wildman–Crippen LogP) is 4.30. The van der Waals surface area contributed by atoms with E-state index in [0.29, 0.717) is 11.7 Å². The molecule has 0 radical (unpaired) electrons. The Kier molecular flexibility index (Phi) is 6.08. The summed E-state index contributed by atoms with van der Waals surface area (Å²) < 4.78 is 1.95. The van der Waals surface area contributed by atoms with Gasteiger partial charge in [-0.2, -0.15) is 0 Å². The minimum atomic E-state index is 0.0707. The summed E-state index contributed by atoms with van der Waals surface area (Å²) >= 11 is 0. The lowest BCUT2D eigenvalue weighted by Gasteiger charge is -2.48. The van der Waals surface area contributed by atoms with Gasteiger partial charge >= 0.3 is 0 Å². The second kappa shape index (κ2) is 9.11. The highest BCUT2D eigenvalue weighted by molar-refractivity contribution is 5.92. The smallest absolute Gasteiger partial charge is 0.276 e. The van der Waals surface area contributed by atoms with E-state index in [4.69, 9.17) is 0 Å². The molecule has 2 saturated heterocycles. The van der Waals surface area contributed by atoms with Gasteiger partial charge in [-0.3, -0.25) is 9.69 Å². The van der Waals surface area contributed by atoms with Gasteiger partial charge in [0.25, 0.3) is 5.91 Å². The fourth-order valence-electron chi connectivity index (χ4n) is 6.06. The van der Waals surface area contributed by atoms with Crippen LogP contribution in [-0.4, -0.2) is 56.9 Å². The third-order valence-corrected chi connectivity index (χ3v) is 7.62. The van der Waals surface area contributed by atoms with Gasteiger partial charge < -0.3 is 4.90 Å².